The lowest BCUT2D eigenvalue weighted by Crippen LogP contribution is -2.27. The molecule has 2 atom stereocenters. The second-order valence-electron chi connectivity index (χ2n) is 5.56. The fourth-order valence-electron chi connectivity index (χ4n) is 2.33. The van der Waals surface area contributed by atoms with Gasteiger partial charge in [-0.3, -0.25) is 15.3 Å². The SMILES string of the molecule is CO[C@@H](/C=C/C(=O)NO)[C@@H](OC(=O)Nc1ccccc1)c1ccc(O)c(F)c1. The maximum Gasteiger partial charge on any atom is 0.412 e. The minimum Gasteiger partial charge on any atom is -0.505 e. The van der Waals surface area contributed by atoms with Crippen LogP contribution >= 0.6 is 0 Å². The summed E-state index contributed by atoms with van der Waals surface area (Å²) in [5.74, 6) is -2.31. The van der Waals surface area contributed by atoms with Gasteiger partial charge in [-0.15, -0.1) is 0 Å². The van der Waals surface area contributed by atoms with Crippen LogP contribution < -0.4 is 10.8 Å². The Hall–Kier alpha value is -3.43. The molecule has 2 aromatic carbocycles. The Balaban J connectivity index is 2.28. The zero-order valence-corrected chi connectivity index (χ0v) is 14.8. The van der Waals surface area contributed by atoms with Crippen molar-refractivity contribution >= 4 is 17.7 Å². The fraction of sp³-hybridized carbons (Fsp3) is 0.158. The van der Waals surface area contributed by atoms with Crippen LogP contribution in [0.4, 0.5) is 14.9 Å². The van der Waals surface area contributed by atoms with E-state index in [4.69, 9.17) is 14.7 Å². The molecule has 0 radical (unpaired) electrons. The number of hydrogen-bond donors (Lipinski definition) is 4. The predicted molar refractivity (Wildman–Crippen MR) is 97.2 cm³/mol. The van der Waals surface area contributed by atoms with Gasteiger partial charge in [-0.2, -0.15) is 0 Å². The molecule has 0 aliphatic carbocycles. The number of carbonyl (C=O) groups is 2. The van der Waals surface area contributed by atoms with E-state index < -0.39 is 35.8 Å². The predicted octanol–water partition coefficient (Wildman–Crippen LogP) is 2.90. The topological polar surface area (TPSA) is 117 Å². The lowest BCUT2D eigenvalue weighted by Gasteiger charge is -2.24. The van der Waals surface area contributed by atoms with Crippen molar-refractivity contribution in [3.05, 3.63) is 72.1 Å². The van der Waals surface area contributed by atoms with E-state index in [0.29, 0.717) is 5.69 Å². The molecule has 0 fully saturated rings. The van der Waals surface area contributed by atoms with Crippen LogP contribution in [0, 0.1) is 5.82 Å². The average Bonchev–Trinajstić information content (AvgIpc) is 2.70. The zero-order chi connectivity index (χ0) is 20.5. The number of phenolic OH excluding ortho intramolecular Hbond substituents is 1. The Kier molecular flexibility index (Phi) is 7.49. The van der Waals surface area contributed by atoms with Crippen molar-refractivity contribution in [2.24, 2.45) is 0 Å². The van der Waals surface area contributed by atoms with E-state index in [1.165, 1.54) is 24.7 Å². The average molecular weight is 390 g/mol. The molecule has 0 aromatic heterocycles. The fourth-order valence-corrected chi connectivity index (χ4v) is 2.33. The summed E-state index contributed by atoms with van der Waals surface area (Å²) in [5.41, 5.74) is 2.08. The molecule has 0 heterocycles. The highest BCUT2D eigenvalue weighted by Crippen LogP contribution is 2.28. The first-order valence-electron chi connectivity index (χ1n) is 8.10. The van der Waals surface area contributed by atoms with Gasteiger partial charge in [0.2, 0.25) is 0 Å². The standard InChI is InChI=1S/C19H19FN2O6/c1-27-16(9-10-17(24)22-26)18(12-7-8-15(23)14(20)11-12)28-19(25)21-13-5-3-2-4-6-13/h2-11,16,18,23,26H,1H3,(H,21,25)(H,22,24)/b10-9+/t16-,18-/m0/s1. The largest absolute Gasteiger partial charge is 0.505 e. The van der Waals surface area contributed by atoms with Gasteiger partial charge in [0.15, 0.2) is 17.7 Å². The van der Waals surface area contributed by atoms with Crippen molar-refractivity contribution in [1.82, 2.24) is 5.48 Å². The molecule has 0 spiro atoms. The van der Waals surface area contributed by atoms with Gasteiger partial charge in [0.05, 0.1) is 0 Å². The Morgan fingerprint density at radius 2 is 1.89 bits per heavy atom. The second kappa shape index (κ2) is 10.0. The lowest BCUT2D eigenvalue weighted by molar-refractivity contribution is -0.124. The third kappa shape index (κ3) is 5.79. The van der Waals surface area contributed by atoms with Crippen LogP contribution in [0.2, 0.25) is 0 Å². The minimum atomic E-state index is -1.16. The number of ether oxygens (including phenoxy) is 2. The molecule has 148 valence electrons. The highest BCUT2D eigenvalue weighted by Gasteiger charge is 2.26. The third-order valence-corrected chi connectivity index (χ3v) is 3.67. The molecule has 28 heavy (non-hydrogen) atoms. The summed E-state index contributed by atoms with van der Waals surface area (Å²) in [7, 11) is 1.30. The molecule has 9 heteroatoms. The molecule has 8 nitrogen and oxygen atoms in total. The third-order valence-electron chi connectivity index (χ3n) is 3.67. The van der Waals surface area contributed by atoms with Crippen LogP contribution in [0.3, 0.4) is 0 Å². The maximum atomic E-state index is 13.8. The summed E-state index contributed by atoms with van der Waals surface area (Å²) in [5, 5.41) is 20.5. The first-order valence-corrected chi connectivity index (χ1v) is 8.10. The maximum absolute atomic E-state index is 13.8. The van der Waals surface area contributed by atoms with E-state index in [-0.39, 0.29) is 5.56 Å². The quantitative estimate of drug-likeness (QED) is 0.328. The zero-order valence-electron chi connectivity index (χ0n) is 14.8. The Morgan fingerprint density at radius 3 is 2.50 bits per heavy atom. The molecular weight excluding hydrogens is 371 g/mol. The van der Waals surface area contributed by atoms with Crippen LogP contribution in [0.25, 0.3) is 0 Å². The lowest BCUT2D eigenvalue weighted by atomic mass is 10.0. The Labute approximate surface area is 160 Å². The summed E-state index contributed by atoms with van der Waals surface area (Å²) in [6.07, 6.45) is -0.797. The van der Waals surface area contributed by atoms with Gasteiger partial charge in [0.25, 0.3) is 5.91 Å². The Bertz CT molecular complexity index is 844. The van der Waals surface area contributed by atoms with Crippen LogP contribution in [0.1, 0.15) is 11.7 Å². The van der Waals surface area contributed by atoms with Gasteiger partial charge in [-0.1, -0.05) is 24.3 Å². The molecule has 0 saturated heterocycles. The molecule has 0 unspecified atom stereocenters. The molecule has 0 saturated carbocycles. The van der Waals surface area contributed by atoms with Gasteiger partial charge in [-0.25, -0.2) is 14.7 Å². The van der Waals surface area contributed by atoms with E-state index in [0.717, 1.165) is 18.2 Å². The monoisotopic (exact) mass is 390 g/mol. The number of nitrogens with one attached hydrogen (secondary N) is 2. The minimum absolute atomic E-state index is 0.180. The number of rotatable bonds is 7. The normalized spacial score (nSPS) is 13.0. The number of para-hydroxylation sites is 1. The number of hydrogen-bond acceptors (Lipinski definition) is 6. The van der Waals surface area contributed by atoms with Crippen LogP contribution in [-0.4, -0.2) is 35.5 Å². The number of benzene rings is 2. The number of aromatic hydroxyl groups is 1. The van der Waals surface area contributed by atoms with Crippen molar-refractivity contribution in [3.8, 4) is 5.75 Å². The highest BCUT2D eigenvalue weighted by molar-refractivity contribution is 5.86. The van der Waals surface area contributed by atoms with E-state index in [1.807, 2.05) is 0 Å². The van der Waals surface area contributed by atoms with Crippen LogP contribution in [0.15, 0.2) is 60.7 Å². The molecular formula is C19H19FN2O6. The highest BCUT2D eigenvalue weighted by atomic mass is 19.1. The molecule has 2 rings (SSSR count). The summed E-state index contributed by atoms with van der Waals surface area (Å²) < 4.78 is 24.4. The molecule has 4 N–H and O–H groups in total. The molecule has 0 bridgehead atoms. The number of anilines is 1. The number of hydroxylamine groups is 1. The molecule has 0 aliphatic heterocycles. The summed E-state index contributed by atoms with van der Waals surface area (Å²) in [4.78, 5) is 23.5. The molecule has 2 amide bonds. The summed E-state index contributed by atoms with van der Waals surface area (Å²) >= 11 is 0. The van der Waals surface area contributed by atoms with Crippen molar-refractivity contribution in [2.45, 2.75) is 12.2 Å². The van der Waals surface area contributed by atoms with Crippen LogP contribution in [0.5, 0.6) is 5.75 Å². The van der Waals surface area contributed by atoms with Gasteiger partial charge in [-0.05, 0) is 35.9 Å². The van der Waals surface area contributed by atoms with E-state index in [9.17, 15) is 19.1 Å². The first-order chi connectivity index (χ1) is 13.4. The van der Waals surface area contributed by atoms with Gasteiger partial charge in [0.1, 0.15) is 6.10 Å². The van der Waals surface area contributed by atoms with Crippen molar-refractivity contribution in [1.29, 1.82) is 0 Å². The van der Waals surface area contributed by atoms with Crippen molar-refractivity contribution < 1.29 is 33.8 Å². The van der Waals surface area contributed by atoms with Gasteiger partial charge in [0, 0.05) is 18.9 Å². The number of halogens is 1. The molecule has 0 aliphatic rings. The molecule has 2 aromatic rings. The Morgan fingerprint density at radius 1 is 1.18 bits per heavy atom. The van der Waals surface area contributed by atoms with Crippen molar-refractivity contribution in [2.75, 3.05) is 12.4 Å². The van der Waals surface area contributed by atoms with Gasteiger partial charge < -0.3 is 14.6 Å². The van der Waals surface area contributed by atoms with E-state index in [2.05, 4.69) is 5.32 Å². The number of methoxy groups -OCH3 is 1. The first kappa shape index (κ1) is 20.9. The number of amides is 2. The number of carbonyl (C=O) groups excluding carboxylic acids is 2. The van der Waals surface area contributed by atoms with E-state index >= 15 is 0 Å². The second-order valence-corrected chi connectivity index (χ2v) is 5.56. The van der Waals surface area contributed by atoms with Crippen molar-refractivity contribution in [3.63, 3.8) is 0 Å². The van der Waals surface area contributed by atoms with E-state index in [1.54, 1.807) is 30.3 Å². The summed E-state index contributed by atoms with van der Waals surface area (Å²) in [6.45, 7) is 0. The van der Waals surface area contributed by atoms with Gasteiger partial charge >= 0.3 is 6.09 Å². The van der Waals surface area contributed by atoms with Crippen LogP contribution in [-0.2, 0) is 14.3 Å². The number of phenols is 1. The smallest absolute Gasteiger partial charge is 0.412 e. The summed E-state index contributed by atoms with van der Waals surface area (Å²) in [6, 6.07) is 12.0.